The Labute approximate surface area is 204 Å². The molecule has 1 atom stereocenters. The lowest BCUT2D eigenvalue weighted by atomic mass is 9.91. The second kappa shape index (κ2) is 11.0. The number of piperazine rings is 1. The van der Waals surface area contributed by atoms with Gasteiger partial charge in [-0.1, -0.05) is 12.1 Å². The molecular weight excluding hydrogens is 448 g/mol. The predicted octanol–water partition coefficient (Wildman–Crippen LogP) is 1.85. The maximum atomic E-state index is 12.8. The number of hydrogen-bond acceptors (Lipinski definition) is 6. The molecule has 1 saturated heterocycles. The van der Waals surface area contributed by atoms with Crippen molar-refractivity contribution in [3.63, 3.8) is 0 Å². The van der Waals surface area contributed by atoms with Crippen molar-refractivity contribution >= 4 is 29.2 Å². The number of amides is 2. The third kappa shape index (κ3) is 6.25. The van der Waals surface area contributed by atoms with Crippen LogP contribution in [0.4, 0.5) is 11.4 Å². The Hall–Kier alpha value is -3.27. The van der Waals surface area contributed by atoms with Crippen LogP contribution >= 0.6 is 0 Å². The first-order valence-electron chi connectivity index (χ1n) is 12.0. The highest BCUT2D eigenvalue weighted by Crippen LogP contribution is 2.26. The highest BCUT2D eigenvalue weighted by molar-refractivity contribution is 5.96. The minimum atomic E-state index is -1.03. The van der Waals surface area contributed by atoms with E-state index in [1.165, 1.54) is 24.3 Å². The summed E-state index contributed by atoms with van der Waals surface area (Å²) >= 11 is 0. The number of aliphatic hydroxyl groups excluding tert-OH is 1. The van der Waals surface area contributed by atoms with Crippen molar-refractivity contribution < 1.29 is 24.6 Å². The summed E-state index contributed by atoms with van der Waals surface area (Å²) in [7, 11) is 0. The molecule has 1 heterocycles. The van der Waals surface area contributed by atoms with Crippen LogP contribution in [0, 0.1) is 0 Å². The maximum Gasteiger partial charge on any atom is 0.335 e. The van der Waals surface area contributed by atoms with E-state index in [-0.39, 0.29) is 23.5 Å². The summed E-state index contributed by atoms with van der Waals surface area (Å²) in [5.41, 5.74) is 8.41. The third-order valence-electron chi connectivity index (χ3n) is 6.87. The van der Waals surface area contributed by atoms with Gasteiger partial charge in [-0.3, -0.25) is 14.5 Å². The molecule has 35 heavy (non-hydrogen) atoms. The van der Waals surface area contributed by atoms with E-state index < -0.39 is 12.0 Å². The van der Waals surface area contributed by atoms with Crippen molar-refractivity contribution in [2.45, 2.75) is 50.3 Å². The van der Waals surface area contributed by atoms with Crippen LogP contribution < -0.4 is 16.0 Å². The highest BCUT2D eigenvalue weighted by atomic mass is 16.4. The minimum Gasteiger partial charge on any atom is -0.478 e. The molecule has 1 aliphatic heterocycles. The number of aromatic carboxylic acids is 1. The van der Waals surface area contributed by atoms with E-state index in [1.807, 2.05) is 24.3 Å². The number of carboxylic acids is 1. The van der Waals surface area contributed by atoms with Gasteiger partial charge in [-0.2, -0.15) is 0 Å². The fourth-order valence-corrected chi connectivity index (χ4v) is 4.79. The van der Waals surface area contributed by atoms with Crippen molar-refractivity contribution in [3.8, 4) is 0 Å². The lowest BCUT2D eigenvalue weighted by Crippen LogP contribution is -2.54. The second-order valence-corrected chi connectivity index (χ2v) is 9.33. The van der Waals surface area contributed by atoms with Gasteiger partial charge in [0.25, 0.3) is 0 Å². The Balaban J connectivity index is 1.28. The summed E-state index contributed by atoms with van der Waals surface area (Å²) in [6.07, 6.45) is 3.60. The zero-order valence-corrected chi connectivity index (χ0v) is 19.6. The number of nitrogens with zero attached hydrogens (tertiary/aromatic N) is 2. The maximum absolute atomic E-state index is 12.8. The van der Waals surface area contributed by atoms with E-state index in [2.05, 4.69) is 10.2 Å². The van der Waals surface area contributed by atoms with Gasteiger partial charge in [0.1, 0.15) is 0 Å². The van der Waals surface area contributed by atoms with E-state index in [1.54, 1.807) is 4.90 Å². The molecule has 2 aromatic rings. The number of nitrogens with two attached hydrogens (primary N) is 1. The minimum absolute atomic E-state index is 0.0696. The molecule has 2 fully saturated rings. The third-order valence-corrected chi connectivity index (χ3v) is 6.87. The summed E-state index contributed by atoms with van der Waals surface area (Å²) < 4.78 is 0. The molecule has 0 bridgehead atoms. The molecule has 9 nitrogen and oxygen atoms in total. The molecule has 9 heteroatoms. The molecule has 1 saturated carbocycles. The molecule has 1 aliphatic carbocycles. The van der Waals surface area contributed by atoms with Crippen LogP contribution in [-0.4, -0.2) is 70.7 Å². The van der Waals surface area contributed by atoms with Crippen LogP contribution in [0.2, 0.25) is 0 Å². The SMILES string of the molecule is NC(Cc1ccc(N2CCN(C3CCC(O)CC3)CC2=O)cc1)C(=O)Nc1ccc(C(=O)O)cc1. The number of benzene rings is 2. The van der Waals surface area contributed by atoms with Gasteiger partial charge in [0.05, 0.1) is 24.3 Å². The van der Waals surface area contributed by atoms with Crippen LogP contribution in [-0.2, 0) is 16.0 Å². The number of aliphatic hydroxyl groups is 1. The first kappa shape index (κ1) is 24.8. The average Bonchev–Trinajstić information content (AvgIpc) is 2.85. The monoisotopic (exact) mass is 480 g/mol. The van der Waals surface area contributed by atoms with E-state index in [9.17, 15) is 19.5 Å². The Morgan fingerprint density at radius 3 is 2.26 bits per heavy atom. The largest absolute Gasteiger partial charge is 0.478 e. The summed E-state index contributed by atoms with van der Waals surface area (Å²) in [6, 6.07) is 13.0. The standard InChI is InChI=1S/C26H32N4O5/c27-23(25(33)28-19-5-3-18(4-6-19)26(34)35)15-17-1-7-21(8-2-17)30-14-13-29(16-24(30)32)20-9-11-22(31)12-10-20/h1-8,20,22-23,31H,9-16,27H2,(H,28,33)(H,34,35). The number of nitrogens with one attached hydrogen (secondary N) is 1. The number of rotatable bonds is 7. The number of anilines is 2. The first-order chi connectivity index (χ1) is 16.8. The molecule has 5 N–H and O–H groups in total. The van der Waals surface area contributed by atoms with Crippen LogP contribution in [0.25, 0.3) is 0 Å². The highest BCUT2D eigenvalue weighted by Gasteiger charge is 2.31. The molecule has 0 aromatic heterocycles. The van der Waals surface area contributed by atoms with E-state index in [0.29, 0.717) is 31.2 Å². The van der Waals surface area contributed by atoms with E-state index >= 15 is 0 Å². The first-order valence-corrected chi connectivity index (χ1v) is 12.0. The van der Waals surface area contributed by atoms with Crippen LogP contribution in [0.5, 0.6) is 0 Å². The van der Waals surface area contributed by atoms with Crippen LogP contribution in [0.1, 0.15) is 41.6 Å². The summed E-state index contributed by atoms with van der Waals surface area (Å²) in [6.45, 7) is 1.83. The van der Waals surface area contributed by atoms with Crippen molar-refractivity contribution in [2.75, 3.05) is 29.9 Å². The van der Waals surface area contributed by atoms with Gasteiger partial charge >= 0.3 is 5.97 Å². The van der Waals surface area contributed by atoms with Gasteiger partial charge < -0.3 is 26.2 Å². The van der Waals surface area contributed by atoms with Crippen molar-refractivity contribution in [1.82, 2.24) is 4.90 Å². The number of carbonyl (C=O) groups excluding carboxylic acids is 2. The summed E-state index contributed by atoms with van der Waals surface area (Å²) in [5, 5.41) is 21.4. The smallest absolute Gasteiger partial charge is 0.335 e. The Bertz CT molecular complexity index is 1050. The zero-order chi connectivity index (χ0) is 24.9. The van der Waals surface area contributed by atoms with Gasteiger partial charge in [0.2, 0.25) is 11.8 Å². The second-order valence-electron chi connectivity index (χ2n) is 9.33. The topological polar surface area (TPSA) is 136 Å². The lowest BCUT2D eigenvalue weighted by molar-refractivity contribution is -0.122. The normalized spacial score (nSPS) is 22.0. The van der Waals surface area contributed by atoms with Crippen molar-refractivity contribution in [2.24, 2.45) is 5.73 Å². The average molecular weight is 481 g/mol. The Morgan fingerprint density at radius 2 is 1.66 bits per heavy atom. The molecule has 0 spiro atoms. The molecule has 4 rings (SSSR count). The van der Waals surface area contributed by atoms with Crippen molar-refractivity contribution in [3.05, 3.63) is 59.7 Å². The van der Waals surface area contributed by atoms with E-state index in [0.717, 1.165) is 43.5 Å². The van der Waals surface area contributed by atoms with Gasteiger partial charge in [-0.05, 0) is 74.1 Å². The summed E-state index contributed by atoms with van der Waals surface area (Å²) in [4.78, 5) is 40.3. The van der Waals surface area contributed by atoms with Crippen molar-refractivity contribution in [1.29, 1.82) is 0 Å². The number of hydrogen-bond donors (Lipinski definition) is 4. The van der Waals surface area contributed by atoms with Crippen LogP contribution in [0.15, 0.2) is 48.5 Å². The van der Waals surface area contributed by atoms with Gasteiger partial charge in [-0.15, -0.1) is 0 Å². The fraction of sp³-hybridized carbons (Fsp3) is 0.423. The molecule has 186 valence electrons. The number of carboxylic acid groups (broad SMARTS) is 1. The van der Waals surface area contributed by atoms with Crippen LogP contribution in [0.3, 0.4) is 0 Å². The molecule has 1 unspecified atom stereocenters. The molecule has 2 aromatic carbocycles. The fourth-order valence-electron chi connectivity index (χ4n) is 4.79. The Kier molecular flexibility index (Phi) is 7.80. The number of carbonyl (C=O) groups is 3. The molecule has 0 radical (unpaired) electrons. The summed E-state index contributed by atoms with van der Waals surface area (Å²) in [5.74, 6) is -1.32. The van der Waals surface area contributed by atoms with Gasteiger partial charge in [0, 0.05) is 30.5 Å². The lowest BCUT2D eigenvalue weighted by Gasteiger charge is -2.40. The molecule has 2 aliphatic rings. The van der Waals surface area contributed by atoms with Gasteiger partial charge in [0.15, 0.2) is 0 Å². The van der Waals surface area contributed by atoms with Gasteiger partial charge in [-0.25, -0.2) is 4.79 Å². The van der Waals surface area contributed by atoms with E-state index in [4.69, 9.17) is 10.8 Å². The predicted molar refractivity (Wildman–Crippen MR) is 132 cm³/mol. The Morgan fingerprint density at radius 1 is 1.00 bits per heavy atom. The molecule has 2 amide bonds. The molecular formula is C26H32N4O5. The quantitative estimate of drug-likeness (QED) is 0.475. The zero-order valence-electron chi connectivity index (χ0n) is 19.6.